The maximum Gasteiger partial charge on any atom is 0.495 e. The molecule has 0 aliphatic carbocycles. The van der Waals surface area contributed by atoms with Crippen LogP contribution < -0.4 is 5.46 Å². The molecule has 0 saturated carbocycles. The zero-order chi connectivity index (χ0) is 16.1. The average Bonchev–Trinajstić information content (AvgIpc) is 2.65. The van der Waals surface area contributed by atoms with E-state index in [1.165, 1.54) is 12.3 Å². The van der Waals surface area contributed by atoms with Crippen LogP contribution in [0.4, 0.5) is 5.69 Å². The molecule has 2 aromatic rings. The Morgan fingerprint density at radius 1 is 1.09 bits per heavy atom. The van der Waals surface area contributed by atoms with Crippen LogP contribution in [0.5, 0.6) is 0 Å². The third-order valence-corrected chi connectivity index (χ3v) is 4.53. The van der Waals surface area contributed by atoms with Crippen LogP contribution in [-0.4, -0.2) is 28.2 Å². The van der Waals surface area contributed by atoms with E-state index in [4.69, 9.17) is 9.31 Å². The molecule has 0 N–H and O–H groups in total. The summed E-state index contributed by atoms with van der Waals surface area (Å²) < 4.78 is 12.1. The number of nitrogens with zero attached hydrogens (tertiary/aromatic N) is 2. The molecule has 1 fully saturated rings. The molecule has 3 rings (SSSR count). The Bertz CT molecular complexity index is 744. The van der Waals surface area contributed by atoms with Gasteiger partial charge in [-0.25, -0.2) is 0 Å². The molecule has 0 amide bonds. The van der Waals surface area contributed by atoms with E-state index in [1.54, 1.807) is 18.3 Å². The lowest BCUT2D eigenvalue weighted by molar-refractivity contribution is -0.383. The van der Waals surface area contributed by atoms with E-state index in [0.29, 0.717) is 5.39 Å². The molecule has 2 heterocycles. The van der Waals surface area contributed by atoms with Gasteiger partial charge in [0.1, 0.15) is 0 Å². The summed E-state index contributed by atoms with van der Waals surface area (Å²) in [7, 11) is -0.560. The fourth-order valence-electron chi connectivity index (χ4n) is 2.53. The highest BCUT2D eigenvalue weighted by Gasteiger charge is 2.52. The molecular weight excluding hydrogens is 283 g/mol. The highest BCUT2D eigenvalue weighted by atomic mass is 16.7. The standard InChI is InChI=1S/C15H17BN2O4/c1-14(2)15(3,4)22-16(21-14)12-5-6-13(18(19)20)11-9-17-8-7-10(11)12/h5-9H,1-4H3. The summed E-state index contributed by atoms with van der Waals surface area (Å²) in [5.74, 6) is 0. The second kappa shape index (κ2) is 4.76. The number of rotatable bonds is 2. The lowest BCUT2D eigenvalue weighted by atomic mass is 9.76. The first kappa shape index (κ1) is 14.9. The minimum atomic E-state index is -0.560. The number of nitro benzene ring substituents is 1. The van der Waals surface area contributed by atoms with Gasteiger partial charge < -0.3 is 9.31 Å². The van der Waals surface area contributed by atoms with Crippen molar-refractivity contribution < 1.29 is 14.2 Å². The van der Waals surface area contributed by atoms with Gasteiger partial charge in [-0.1, -0.05) is 6.07 Å². The van der Waals surface area contributed by atoms with Crippen molar-refractivity contribution in [3.05, 3.63) is 40.7 Å². The van der Waals surface area contributed by atoms with Crippen molar-refractivity contribution in [2.24, 2.45) is 0 Å². The number of aromatic nitrogens is 1. The lowest BCUT2D eigenvalue weighted by Gasteiger charge is -2.32. The van der Waals surface area contributed by atoms with Crippen molar-refractivity contribution in [2.45, 2.75) is 38.9 Å². The smallest absolute Gasteiger partial charge is 0.399 e. The van der Waals surface area contributed by atoms with Crippen LogP contribution >= 0.6 is 0 Å². The second-order valence-electron chi connectivity index (χ2n) is 6.44. The summed E-state index contributed by atoms with van der Waals surface area (Å²) in [5.41, 5.74) is -0.109. The minimum Gasteiger partial charge on any atom is -0.399 e. The first-order valence-electron chi connectivity index (χ1n) is 7.09. The molecule has 1 aliphatic heterocycles. The Hall–Kier alpha value is -1.99. The fraction of sp³-hybridized carbons (Fsp3) is 0.400. The molecular formula is C15H17BN2O4. The average molecular weight is 300 g/mol. The Kier molecular flexibility index (Phi) is 3.23. The van der Waals surface area contributed by atoms with Gasteiger partial charge in [0.15, 0.2) is 0 Å². The zero-order valence-corrected chi connectivity index (χ0v) is 13.0. The van der Waals surface area contributed by atoms with Crippen molar-refractivity contribution in [2.75, 3.05) is 0 Å². The first-order chi connectivity index (χ1) is 10.2. The molecule has 0 radical (unpaired) electrons. The van der Waals surface area contributed by atoms with Crippen LogP contribution in [0.15, 0.2) is 30.6 Å². The number of hydrogen-bond acceptors (Lipinski definition) is 5. The lowest BCUT2D eigenvalue weighted by Crippen LogP contribution is -2.41. The van der Waals surface area contributed by atoms with Gasteiger partial charge in [-0.2, -0.15) is 0 Å². The van der Waals surface area contributed by atoms with Crippen molar-refractivity contribution in [3.8, 4) is 0 Å². The third kappa shape index (κ3) is 2.17. The third-order valence-electron chi connectivity index (χ3n) is 4.53. The van der Waals surface area contributed by atoms with Crippen molar-refractivity contribution >= 4 is 29.0 Å². The predicted octanol–water partition coefficient (Wildman–Crippen LogP) is 2.44. The summed E-state index contributed by atoms with van der Waals surface area (Å²) in [6.45, 7) is 7.90. The van der Waals surface area contributed by atoms with E-state index >= 15 is 0 Å². The molecule has 1 aromatic carbocycles. The van der Waals surface area contributed by atoms with E-state index in [9.17, 15) is 10.1 Å². The van der Waals surface area contributed by atoms with Crippen LogP contribution in [0.2, 0.25) is 0 Å². The summed E-state index contributed by atoms with van der Waals surface area (Å²) in [5, 5.41) is 12.4. The molecule has 6 nitrogen and oxygen atoms in total. The normalized spacial score (nSPS) is 19.5. The quantitative estimate of drug-likeness (QED) is 0.484. The molecule has 0 bridgehead atoms. The van der Waals surface area contributed by atoms with Crippen molar-refractivity contribution in [3.63, 3.8) is 0 Å². The van der Waals surface area contributed by atoms with Crippen LogP contribution in [-0.2, 0) is 9.31 Å². The van der Waals surface area contributed by atoms with Gasteiger partial charge >= 0.3 is 7.12 Å². The Morgan fingerprint density at radius 2 is 1.73 bits per heavy atom. The monoisotopic (exact) mass is 300 g/mol. The van der Waals surface area contributed by atoms with E-state index in [-0.39, 0.29) is 5.69 Å². The van der Waals surface area contributed by atoms with E-state index < -0.39 is 23.2 Å². The fourth-order valence-corrected chi connectivity index (χ4v) is 2.53. The molecule has 1 aromatic heterocycles. The molecule has 0 atom stereocenters. The highest BCUT2D eigenvalue weighted by molar-refractivity contribution is 6.65. The summed E-state index contributed by atoms with van der Waals surface area (Å²) >= 11 is 0. The SMILES string of the molecule is CC1(C)OB(c2ccc([N+](=O)[O-])c3cnccc23)OC1(C)C. The molecule has 7 heteroatoms. The van der Waals surface area contributed by atoms with Crippen molar-refractivity contribution in [1.29, 1.82) is 0 Å². The van der Waals surface area contributed by atoms with Gasteiger partial charge in [0.25, 0.3) is 5.69 Å². The number of non-ortho nitro benzene ring substituents is 1. The maximum atomic E-state index is 11.2. The number of hydrogen-bond donors (Lipinski definition) is 0. The van der Waals surface area contributed by atoms with Gasteiger partial charge in [-0.15, -0.1) is 0 Å². The Morgan fingerprint density at radius 3 is 2.32 bits per heavy atom. The maximum absolute atomic E-state index is 11.2. The summed E-state index contributed by atoms with van der Waals surface area (Å²) in [4.78, 5) is 14.8. The molecule has 114 valence electrons. The largest absolute Gasteiger partial charge is 0.495 e. The van der Waals surface area contributed by atoms with Gasteiger partial charge in [0.05, 0.1) is 21.5 Å². The van der Waals surface area contributed by atoms with Gasteiger partial charge in [-0.3, -0.25) is 15.1 Å². The summed E-state index contributed by atoms with van der Waals surface area (Å²) in [6, 6.07) is 4.93. The van der Waals surface area contributed by atoms with E-state index in [2.05, 4.69) is 4.98 Å². The highest BCUT2D eigenvalue weighted by Crippen LogP contribution is 2.37. The number of nitro groups is 1. The van der Waals surface area contributed by atoms with Gasteiger partial charge in [-0.05, 0) is 44.6 Å². The van der Waals surface area contributed by atoms with E-state index in [0.717, 1.165) is 10.8 Å². The molecule has 1 aliphatic rings. The number of benzene rings is 1. The van der Waals surface area contributed by atoms with Gasteiger partial charge in [0, 0.05) is 18.5 Å². The molecule has 1 saturated heterocycles. The Labute approximate surface area is 128 Å². The first-order valence-corrected chi connectivity index (χ1v) is 7.09. The molecule has 0 spiro atoms. The number of fused-ring (bicyclic) bond motifs is 1. The van der Waals surface area contributed by atoms with Crippen LogP contribution in [0.1, 0.15) is 27.7 Å². The second-order valence-corrected chi connectivity index (χ2v) is 6.44. The van der Waals surface area contributed by atoms with Crippen LogP contribution in [0, 0.1) is 10.1 Å². The predicted molar refractivity (Wildman–Crippen MR) is 84.1 cm³/mol. The zero-order valence-electron chi connectivity index (χ0n) is 13.0. The topological polar surface area (TPSA) is 74.5 Å². The van der Waals surface area contributed by atoms with Crippen LogP contribution in [0.3, 0.4) is 0 Å². The van der Waals surface area contributed by atoms with Crippen LogP contribution in [0.25, 0.3) is 10.8 Å². The Balaban J connectivity index is 2.14. The number of pyridine rings is 1. The van der Waals surface area contributed by atoms with Gasteiger partial charge in [0.2, 0.25) is 0 Å². The molecule has 22 heavy (non-hydrogen) atoms. The summed E-state index contributed by atoms with van der Waals surface area (Å²) in [6.07, 6.45) is 3.11. The minimum absolute atomic E-state index is 0.0309. The van der Waals surface area contributed by atoms with Crippen molar-refractivity contribution in [1.82, 2.24) is 4.98 Å². The molecule has 0 unspecified atom stereocenters. The van der Waals surface area contributed by atoms with E-state index in [1.807, 2.05) is 27.7 Å².